The number of aryl methyl sites for hydroxylation is 1. The molecule has 0 saturated heterocycles. The summed E-state index contributed by atoms with van der Waals surface area (Å²) in [6, 6.07) is 5.81. The van der Waals surface area contributed by atoms with E-state index in [1.54, 1.807) is 19.1 Å². The van der Waals surface area contributed by atoms with Crippen molar-refractivity contribution in [1.82, 2.24) is 0 Å². The number of carbonyl (C=O) groups is 2. The molecule has 1 aromatic heterocycles. The van der Waals surface area contributed by atoms with E-state index in [0.717, 1.165) is 6.07 Å². The molecule has 0 saturated carbocycles. The molecule has 150 valence electrons. The number of ether oxygens (including phenoxy) is 3. The van der Waals surface area contributed by atoms with Gasteiger partial charge in [0.1, 0.15) is 5.76 Å². The Morgan fingerprint density at radius 2 is 1.93 bits per heavy atom. The van der Waals surface area contributed by atoms with Crippen molar-refractivity contribution in [2.75, 3.05) is 20.8 Å². The molecule has 0 bridgehead atoms. The van der Waals surface area contributed by atoms with Crippen molar-refractivity contribution in [2.45, 2.75) is 19.3 Å². The molecule has 1 heterocycles. The number of esters is 1. The molecular weight excluding hydrogens is 370 g/mol. The van der Waals surface area contributed by atoms with Gasteiger partial charge in [-0.15, -0.1) is 0 Å². The van der Waals surface area contributed by atoms with Gasteiger partial charge in [-0.25, -0.2) is 0 Å². The fourth-order valence-corrected chi connectivity index (χ4v) is 2.64. The highest BCUT2D eigenvalue weighted by molar-refractivity contribution is 5.75. The minimum absolute atomic E-state index is 0.0664. The quantitative estimate of drug-likeness (QED) is 0.641. The lowest BCUT2D eigenvalue weighted by molar-refractivity contribution is -0.141. The van der Waals surface area contributed by atoms with Gasteiger partial charge in [0.2, 0.25) is 11.2 Å². The van der Waals surface area contributed by atoms with E-state index in [4.69, 9.17) is 24.4 Å². The number of amides is 1. The van der Waals surface area contributed by atoms with Gasteiger partial charge in [0.05, 0.1) is 26.6 Å². The van der Waals surface area contributed by atoms with Crippen LogP contribution in [0.25, 0.3) is 0 Å². The van der Waals surface area contributed by atoms with E-state index >= 15 is 0 Å². The predicted octanol–water partition coefficient (Wildman–Crippen LogP) is 1.22. The summed E-state index contributed by atoms with van der Waals surface area (Å²) in [6.45, 7) is 1.22. The highest BCUT2D eigenvalue weighted by atomic mass is 16.5. The summed E-state index contributed by atoms with van der Waals surface area (Å²) in [4.78, 5) is 34.8. The third-order valence-electron chi connectivity index (χ3n) is 3.95. The first-order valence-electron chi connectivity index (χ1n) is 8.26. The zero-order chi connectivity index (χ0) is 20.8. The number of methoxy groups -OCH3 is 2. The summed E-state index contributed by atoms with van der Waals surface area (Å²) in [7, 11) is 2.63. The van der Waals surface area contributed by atoms with Crippen LogP contribution in [0.15, 0.2) is 33.5 Å². The first-order valence-corrected chi connectivity index (χ1v) is 8.26. The minimum atomic E-state index is -0.820. The normalized spacial score (nSPS) is 11.5. The van der Waals surface area contributed by atoms with Gasteiger partial charge in [0.15, 0.2) is 23.9 Å². The molecular formula is C19H21NO8. The van der Waals surface area contributed by atoms with Crippen molar-refractivity contribution in [1.29, 1.82) is 0 Å². The Hall–Kier alpha value is -3.49. The third kappa shape index (κ3) is 4.81. The maximum Gasteiger partial charge on any atom is 0.306 e. The van der Waals surface area contributed by atoms with Crippen molar-refractivity contribution in [3.63, 3.8) is 0 Å². The molecule has 0 aliphatic carbocycles. The molecule has 1 amide bonds. The predicted molar refractivity (Wildman–Crippen MR) is 97.5 cm³/mol. The summed E-state index contributed by atoms with van der Waals surface area (Å²) < 4.78 is 20.8. The first-order chi connectivity index (χ1) is 13.3. The first kappa shape index (κ1) is 20.8. The van der Waals surface area contributed by atoms with Crippen LogP contribution in [0.1, 0.15) is 29.4 Å². The summed E-state index contributed by atoms with van der Waals surface area (Å²) in [5.41, 5.74) is 4.95. The summed E-state index contributed by atoms with van der Waals surface area (Å²) in [5, 5.41) is 10.2. The number of rotatable bonds is 8. The third-order valence-corrected chi connectivity index (χ3v) is 3.95. The van der Waals surface area contributed by atoms with Gasteiger partial charge in [0, 0.05) is 6.07 Å². The fourth-order valence-electron chi connectivity index (χ4n) is 2.64. The van der Waals surface area contributed by atoms with Gasteiger partial charge >= 0.3 is 5.97 Å². The molecule has 0 aliphatic heterocycles. The SMILES string of the molecule is COC(=O)C[C@H](c1ccc(OCC(N)=O)c(OC)c1)c1oc(C)cc(=O)c1O. The molecule has 9 nitrogen and oxygen atoms in total. The van der Waals surface area contributed by atoms with Crippen LogP contribution < -0.4 is 20.6 Å². The molecule has 0 radical (unpaired) electrons. The lowest BCUT2D eigenvalue weighted by Crippen LogP contribution is -2.20. The molecule has 0 spiro atoms. The molecule has 2 aromatic rings. The largest absolute Gasteiger partial charge is 0.502 e. The number of carbonyl (C=O) groups excluding carboxylic acids is 2. The van der Waals surface area contributed by atoms with Crippen molar-refractivity contribution in [2.24, 2.45) is 5.73 Å². The van der Waals surface area contributed by atoms with Gasteiger partial charge in [-0.05, 0) is 24.6 Å². The highest BCUT2D eigenvalue weighted by Crippen LogP contribution is 2.37. The molecule has 0 aliphatic rings. The second-order valence-corrected chi connectivity index (χ2v) is 5.93. The average Bonchev–Trinajstić information content (AvgIpc) is 2.67. The number of hydrogen-bond donors (Lipinski definition) is 2. The van der Waals surface area contributed by atoms with Crippen LogP contribution in [0.4, 0.5) is 0 Å². The number of nitrogens with two attached hydrogens (primary N) is 1. The highest BCUT2D eigenvalue weighted by Gasteiger charge is 2.27. The van der Waals surface area contributed by atoms with E-state index in [9.17, 15) is 19.5 Å². The molecule has 9 heteroatoms. The van der Waals surface area contributed by atoms with E-state index in [-0.39, 0.29) is 36.0 Å². The Morgan fingerprint density at radius 1 is 1.21 bits per heavy atom. The van der Waals surface area contributed by atoms with E-state index < -0.39 is 29.0 Å². The summed E-state index contributed by atoms with van der Waals surface area (Å²) >= 11 is 0. The van der Waals surface area contributed by atoms with Crippen molar-refractivity contribution < 1.29 is 33.3 Å². The van der Waals surface area contributed by atoms with Crippen LogP contribution in [0, 0.1) is 6.92 Å². The second-order valence-electron chi connectivity index (χ2n) is 5.93. The van der Waals surface area contributed by atoms with Crippen LogP contribution in [0.3, 0.4) is 0 Å². The number of benzene rings is 1. The number of primary amides is 1. The monoisotopic (exact) mass is 391 g/mol. The molecule has 0 unspecified atom stereocenters. The maximum atomic E-state index is 12.0. The summed E-state index contributed by atoms with van der Waals surface area (Å²) in [5.74, 6) is -1.89. The lowest BCUT2D eigenvalue weighted by Gasteiger charge is -2.19. The van der Waals surface area contributed by atoms with E-state index in [1.165, 1.54) is 20.3 Å². The van der Waals surface area contributed by atoms with Gasteiger partial charge in [0.25, 0.3) is 5.91 Å². The zero-order valence-corrected chi connectivity index (χ0v) is 15.7. The molecule has 1 atom stereocenters. The van der Waals surface area contributed by atoms with Gasteiger partial charge < -0.3 is 29.5 Å². The van der Waals surface area contributed by atoms with Crippen molar-refractivity contribution >= 4 is 11.9 Å². The Balaban J connectivity index is 2.54. The minimum Gasteiger partial charge on any atom is -0.502 e. The smallest absolute Gasteiger partial charge is 0.306 e. The van der Waals surface area contributed by atoms with Crippen LogP contribution in [0.5, 0.6) is 17.2 Å². The maximum absolute atomic E-state index is 12.0. The Labute approximate surface area is 160 Å². The van der Waals surface area contributed by atoms with Gasteiger partial charge in [-0.1, -0.05) is 6.07 Å². The number of aromatic hydroxyl groups is 1. The fraction of sp³-hybridized carbons (Fsp3) is 0.316. The Morgan fingerprint density at radius 3 is 2.54 bits per heavy atom. The zero-order valence-electron chi connectivity index (χ0n) is 15.7. The second kappa shape index (κ2) is 8.94. The standard InChI is InChI=1S/C19H21NO8/c1-10-6-13(21)18(24)19(28-10)12(8-17(23)26-3)11-4-5-14(15(7-11)25-2)27-9-16(20)22/h4-7,12,24H,8-9H2,1-3H3,(H2,20,22)/t12-/m1/s1. The van der Waals surface area contributed by atoms with Crippen molar-refractivity contribution in [3.8, 4) is 17.2 Å². The van der Waals surface area contributed by atoms with Gasteiger partial charge in [-0.3, -0.25) is 14.4 Å². The molecule has 0 fully saturated rings. The molecule has 28 heavy (non-hydrogen) atoms. The molecule has 1 aromatic carbocycles. The van der Waals surface area contributed by atoms with Crippen LogP contribution in [0.2, 0.25) is 0 Å². The molecule has 3 N–H and O–H groups in total. The van der Waals surface area contributed by atoms with Crippen LogP contribution in [-0.2, 0) is 14.3 Å². The van der Waals surface area contributed by atoms with E-state index in [2.05, 4.69) is 0 Å². The van der Waals surface area contributed by atoms with E-state index in [0.29, 0.717) is 5.56 Å². The van der Waals surface area contributed by atoms with Crippen LogP contribution >= 0.6 is 0 Å². The van der Waals surface area contributed by atoms with Gasteiger partial charge in [-0.2, -0.15) is 0 Å². The topological polar surface area (TPSA) is 138 Å². The Bertz CT molecular complexity index is 934. The Kier molecular flexibility index (Phi) is 6.64. The lowest BCUT2D eigenvalue weighted by atomic mass is 9.92. The van der Waals surface area contributed by atoms with E-state index in [1.807, 2.05) is 0 Å². The van der Waals surface area contributed by atoms with Crippen LogP contribution in [-0.4, -0.2) is 37.8 Å². The summed E-state index contributed by atoms with van der Waals surface area (Å²) in [6.07, 6.45) is -0.193. The van der Waals surface area contributed by atoms with Crippen molar-refractivity contribution in [3.05, 3.63) is 51.6 Å². The average molecular weight is 391 g/mol. The molecule has 2 rings (SSSR count). The number of hydrogen-bond acceptors (Lipinski definition) is 8.